The molecule has 0 aliphatic carbocycles. The van der Waals surface area contributed by atoms with Crippen molar-refractivity contribution in [2.45, 2.75) is 4.90 Å². The maximum absolute atomic E-state index is 13.1. The lowest BCUT2D eigenvalue weighted by atomic mass is 10.2. The van der Waals surface area contributed by atoms with E-state index in [1.165, 1.54) is 24.3 Å². The van der Waals surface area contributed by atoms with Crippen LogP contribution in [0.2, 0.25) is 5.02 Å². The van der Waals surface area contributed by atoms with Gasteiger partial charge in [-0.05, 0) is 36.2 Å². The van der Waals surface area contributed by atoms with Crippen LogP contribution in [0.5, 0.6) is 0 Å². The van der Waals surface area contributed by atoms with Gasteiger partial charge < -0.3 is 4.90 Å². The molecule has 1 atom stereocenters. The molecule has 8 heteroatoms. The first-order chi connectivity index (χ1) is 11.9. The summed E-state index contributed by atoms with van der Waals surface area (Å²) in [7, 11) is -2.66. The van der Waals surface area contributed by atoms with Gasteiger partial charge in [-0.2, -0.15) is 0 Å². The molecule has 0 bridgehead atoms. The topological polar surface area (TPSA) is 66.7 Å². The first-order valence-electron chi connectivity index (χ1n) is 7.75. The van der Waals surface area contributed by atoms with Gasteiger partial charge in [0.1, 0.15) is 0 Å². The van der Waals surface area contributed by atoms with Gasteiger partial charge in [0.05, 0.1) is 14.6 Å². The molecular weight excluding hydrogens is 362 g/mol. The van der Waals surface area contributed by atoms with Crippen molar-refractivity contribution in [3.63, 3.8) is 0 Å². The fraction of sp³-hybridized carbons (Fsp3) is 0.235. The highest BCUT2D eigenvalue weighted by atomic mass is 35.5. The second kappa shape index (κ2) is 7.03. The molecule has 132 valence electrons. The first-order valence-corrected chi connectivity index (χ1v) is 9.81. The molecule has 0 radical (unpaired) electrons. The second-order valence-corrected chi connectivity index (χ2v) is 8.49. The molecule has 1 aliphatic heterocycles. The highest BCUT2D eigenvalue weighted by molar-refractivity contribution is 7.98. The van der Waals surface area contributed by atoms with Crippen LogP contribution in [0.25, 0.3) is 0 Å². The van der Waals surface area contributed by atoms with Crippen LogP contribution in [0, 0.1) is 10.1 Å². The van der Waals surface area contributed by atoms with E-state index >= 15 is 0 Å². The van der Waals surface area contributed by atoms with Gasteiger partial charge in [-0.15, -0.1) is 0 Å². The SMILES string of the molecule is C=S(=O)(c1ccc([N+](=O)[O-])cc1)N1CCN(c2cccc(Cl)c2)CC1. The predicted octanol–water partition coefficient (Wildman–Crippen LogP) is 3.06. The fourth-order valence-corrected chi connectivity index (χ4v) is 4.64. The lowest BCUT2D eigenvalue weighted by Gasteiger charge is -2.37. The lowest BCUT2D eigenvalue weighted by molar-refractivity contribution is -0.384. The summed E-state index contributed by atoms with van der Waals surface area (Å²) in [5, 5.41) is 11.4. The molecule has 0 saturated carbocycles. The Kier molecular flexibility index (Phi) is 4.99. The Morgan fingerprint density at radius 1 is 1.08 bits per heavy atom. The van der Waals surface area contributed by atoms with Crippen LogP contribution in [-0.2, 0) is 9.71 Å². The molecule has 0 N–H and O–H groups in total. The minimum atomic E-state index is -2.66. The molecule has 2 aromatic rings. The summed E-state index contributed by atoms with van der Waals surface area (Å²) in [6, 6.07) is 13.4. The van der Waals surface area contributed by atoms with Crippen LogP contribution in [0.4, 0.5) is 11.4 Å². The third-order valence-corrected chi connectivity index (χ3v) is 6.69. The molecule has 1 heterocycles. The maximum Gasteiger partial charge on any atom is 0.269 e. The Labute approximate surface area is 151 Å². The van der Waals surface area contributed by atoms with Crippen molar-refractivity contribution in [3.8, 4) is 0 Å². The highest BCUT2D eigenvalue weighted by Crippen LogP contribution is 2.24. The number of piperazine rings is 1. The molecule has 3 rings (SSSR count). The van der Waals surface area contributed by atoms with Crippen molar-refractivity contribution in [2.75, 3.05) is 31.1 Å². The van der Waals surface area contributed by atoms with Crippen LogP contribution >= 0.6 is 11.6 Å². The van der Waals surface area contributed by atoms with Crippen LogP contribution in [0.1, 0.15) is 0 Å². The Hall–Kier alpha value is -2.09. The third kappa shape index (κ3) is 3.78. The third-order valence-electron chi connectivity index (χ3n) is 4.24. The summed E-state index contributed by atoms with van der Waals surface area (Å²) < 4.78 is 15.0. The summed E-state index contributed by atoms with van der Waals surface area (Å²) in [4.78, 5) is 13.0. The van der Waals surface area contributed by atoms with Crippen molar-refractivity contribution < 1.29 is 9.13 Å². The molecule has 6 nitrogen and oxygen atoms in total. The molecule has 0 amide bonds. The molecule has 0 spiro atoms. The number of rotatable bonds is 4. The quantitative estimate of drug-likeness (QED) is 0.465. The predicted molar refractivity (Wildman–Crippen MR) is 102 cm³/mol. The zero-order chi connectivity index (χ0) is 18.0. The van der Waals surface area contributed by atoms with Gasteiger partial charge >= 0.3 is 0 Å². The van der Waals surface area contributed by atoms with E-state index in [0.717, 1.165) is 5.69 Å². The number of hydrogen-bond acceptors (Lipinski definition) is 4. The molecule has 2 aromatic carbocycles. The van der Waals surface area contributed by atoms with E-state index in [1.54, 1.807) is 0 Å². The normalized spacial score (nSPS) is 17.9. The van der Waals surface area contributed by atoms with E-state index in [9.17, 15) is 14.3 Å². The van der Waals surface area contributed by atoms with Gasteiger partial charge in [0.2, 0.25) is 0 Å². The van der Waals surface area contributed by atoms with E-state index in [1.807, 2.05) is 28.6 Å². The fourth-order valence-electron chi connectivity index (χ4n) is 2.84. The van der Waals surface area contributed by atoms with Crippen molar-refractivity contribution in [3.05, 3.63) is 63.7 Å². The summed E-state index contributed by atoms with van der Waals surface area (Å²) in [5.74, 6) is 3.89. The average Bonchev–Trinajstić information content (AvgIpc) is 2.62. The van der Waals surface area contributed by atoms with Gasteiger partial charge in [-0.25, -0.2) is 8.51 Å². The second-order valence-electron chi connectivity index (χ2n) is 5.79. The van der Waals surface area contributed by atoms with Crippen LogP contribution in [0.15, 0.2) is 53.4 Å². The number of hydrogen-bond donors (Lipinski definition) is 0. The molecule has 25 heavy (non-hydrogen) atoms. The molecule has 1 aliphatic rings. The molecule has 1 fully saturated rings. The van der Waals surface area contributed by atoms with Crippen LogP contribution in [-0.4, -0.2) is 45.5 Å². The number of benzene rings is 2. The van der Waals surface area contributed by atoms with Crippen molar-refractivity contribution in [1.82, 2.24) is 4.31 Å². The van der Waals surface area contributed by atoms with Crippen LogP contribution < -0.4 is 4.90 Å². The Morgan fingerprint density at radius 2 is 1.72 bits per heavy atom. The number of nitro groups is 1. The Morgan fingerprint density at radius 3 is 2.28 bits per heavy atom. The van der Waals surface area contributed by atoms with Gasteiger partial charge in [0, 0.05) is 53.9 Å². The Balaban J connectivity index is 1.72. The van der Waals surface area contributed by atoms with E-state index in [-0.39, 0.29) is 5.69 Å². The van der Waals surface area contributed by atoms with E-state index in [2.05, 4.69) is 10.8 Å². The summed E-state index contributed by atoms with van der Waals surface area (Å²) in [5.41, 5.74) is 1.02. The molecular formula is C17H18ClN3O3S. The largest absolute Gasteiger partial charge is 0.369 e. The van der Waals surface area contributed by atoms with Gasteiger partial charge in [0.25, 0.3) is 5.69 Å². The van der Waals surface area contributed by atoms with Crippen LogP contribution in [0.3, 0.4) is 0 Å². The maximum atomic E-state index is 13.1. The van der Waals surface area contributed by atoms with Crippen molar-refractivity contribution >= 4 is 38.6 Å². The number of halogens is 1. The van der Waals surface area contributed by atoms with Gasteiger partial charge in [-0.3, -0.25) is 10.1 Å². The van der Waals surface area contributed by atoms with Gasteiger partial charge in [-0.1, -0.05) is 17.7 Å². The lowest BCUT2D eigenvalue weighted by Crippen LogP contribution is -2.48. The van der Waals surface area contributed by atoms with E-state index < -0.39 is 14.6 Å². The minimum Gasteiger partial charge on any atom is -0.369 e. The van der Waals surface area contributed by atoms with Crippen molar-refractivity contribution in [1.29, 1.82) is 0 Å². The molecule has 1 saturated heterocycles. The van der Waals surface area contributed by atoms with Gasteiger partial charge in [0.15, 0.2) is 0 Å². The zero-order valence-electron chi connectivity index (χ0n) is 13.5. The smallest absolute Gasteiger partial charge is 0.269 e. The molecule has 0 aromatic heterocycles. The summed E-state index contributed by atoms with van der Waals surface area (Å²) in [6.07, 6.45) is 0. The average molecular weight is 380 g/mol. The first kappa shape index (κ1) is 17.7. The molecule has 1 unspecified atom stereocenters. The highest BCUT2D eigenvalue weighted by Gasteiger charge is 2.24. The standard InChI is InChI=1S/C17H18ClN3O3S/c1-25(24,17-7-5-15(6-8-17)21(22)23)20-11-9-19(10-12-20)16-4-2-3-14(18)13-16/h2-8,13H,1,9-12H2. The number of nitro benzene ring substituents is 1. The number of nitrogens with zero attached hydrogens (tertiary/aromatic N) is 3. The van der Waals surface area contributed by atoms with E-state index in [0.29, 0.717) is 36.1 Å². The number of anilines is 1. The van der Waals surface area contributed by atoms with E-state index in [4.69, 9.17) is 11.6 Å². The monoisotopic (exact) mass is 379 g/mol. The zero-order valence-corrected chi connectivity index (χ0v) is 15.1. The Bertz CT molecular complexity index is 876. The summed E-state index contributed by atoms with van der Waals surface area (Å²) in [6.45, 7) is 2.59. The number of non-ortho nitro benzene ring substituents is 1. The summed E-state index contributed by atoms with van der Waals surface area (Å²) >= 11 is 6.04. The van der Waals surface area contributed by atoms with Crippen molar-refractivity contribution in [2.24, 2.45) is 0 Å². The minimum absolute atomic E-state index is 0.0234.